The quantitative estimate of drug-likeness (QED) is 0.791. The molecule has 0 N–H and O–H groups in total. The predicted molar refractivity (Wildman–Crippen MR) is 92.5 cm³/mol. The zero-order valence-electron chi connectivity index (χ0n) is 14.8. The maximum Gasteiger partial charge on any atom is 0.316 e. The molecular weight excluding hydrogens is 286 g/mol. The van der Waals surface area contributed by atoms with Gasteiger partial charge in [-0.25, -0.2) is 0 Å². The summed E-state index contributed by atoms with van der Waals surface area (Å²) in [6, 6.07) is 9.46. The molecule has 2 unspecified atom stereocenters. The standard InChI is InChI=1S/C20H29NO2/c1-5-20(3,15-8-6-7-14(2)11-15)19(22)23-18-12-16-9-10-17(13-18)21(16)4/h6-8,11,16-18H,5,9-10,12-13H2,1-4H3/t16?,17?,18?,20-/m0/s1. The lowest BCUT2D eigenvalue weighted by Gasteiger charge is -2.37. The molecule has 0 amide bonds. The van der Waals surface area contributed by atoms with Gasteiger partial charge in [0.1, 0.15) is 6.10 Å². The SMILES string of the molecule is CC[C@](C)(C(=O)OC1CC2CCC(C1)N2C)c1cccc(C)c1. The van der Waals surface area contributed by atoms with Gasteiger partial charge in [0.15, 0.2) is 0 Å². The van der Waals surface area contributed by atoms with Crippen molar-refractivity contribution < 1.29 is 9.53 Å². The van der Waals surface area contributed by atoms with Crippen LogP contribution in [0.3, 0.4) is 0 Å². The smallest absolute Gasteiger partial charge is 0.316 e. The highest BCUT2D eigenvalue weighted by Gasteiger charge is 2.42. The molecule has 0 aromatic heterocycles. The molecule has 2 saturated heterocycles. The van der Waals surface area contributed by atoms with E-state index in [2.05, 4.69) is 44.0 Å². The van der Waals surface area contributed by atoms with E-state index in [-0.39, 0.29) is 12.1 Å². The molecule has 0 radical (unpaired) electrons. The topological polar surface area (TPSA) is 29.5 Å². The second-order valence-electron chi connectivity index (χ2n) is 7.60. The Kier molecular flexibility index (Phi) is 4.50. The number of esters is 1. The number of hydrogen-bond acceptors (Lipinski definition) is 3. The fourth-order valence-electron chi connectivity index (χ4n) is 4.19. The zero-order chi connectivity index (χ0) is 16.6. The van der Waals surface area contributed by atoms with E-state index in [0.29, 0.717) is 12.1 Å². The van der Waals surface area contributed by atoms with Crippen LogP contribution in [0.15, 0.2) is 24.3 Å². The van der Waals surface area contributed by atoms with Gasteiger partial charge < -0.3 is 9.64 Å². The fraction of sp³-hybridized carbons (Fsp3) is 0.650. The van der Waals surface area contributed by atoms with Crippen molar-refractivity contribution in [1.82, 2.24) is 4.90 Å². The van der Waals surface area contributed by atoms with E-state index in [1.807, 2.05) is 13.0 Å². The van der Waals surface area contributed by atoms with Crippen LogP contribution >= 0.6 is 0 Å². The Hall–Kier alpha value is -1.35. The van der Waals surface area contributed by atoms with E-state index in [1.165, 1.54) is 18.4 Å². The van der Waals surface area contributed by atoms with Gasteiger partial charge in [0.25, 0.3) is 0 Å². The molecule has 3 nitrogen and oxygen atoms in total. The van der Waals surface area contributed by atoms with Crippen LogP contribution in [-0.4, -0.2) is 36.1 Å². The summed E-state index contributed by atoms with van der Waals surface area (Å²) < 4.78 is 6.01. The summed E-state index contributed by atoms with van der Waals surface area (Å²) >= 11 is 0. The second kappa shape index (κ2) is 6.27. The van der Waals surface area contributed by atoms with Gasteiger partial charge >= 0.3 is 5.97 Å². The molecule has 1 aromatic rings. The van der Waals surface area contributed by atoms with Crippen LogP contribution in [0.25, 0.3) is 0 Å². The molecule has 2 aliphatic rings. The highest BCUT2D eigenvalue weighted by atomic mass is 16.5. The Balaban J connectivity index is 1.73. The first-order valence-electron chi connectivity index (χ1n) is 8.94. The first-order valence-corrected chi connectivity index (χ1v) is 8.94. The van der Waals surface area contributed by atoms with Crippen LogP contribution in [0.2, 0.25) is 0 Å². The van der Waals surface area contributed by atoms with Gasteiger partial charge in [-0.2, -0.15) is 0 Å². The van der Waals surface area contributed by atoms with E-state index in [1.54, 1.807) is 0 Å². The normalized spacial score (nSPS) is 30.0. The third-order valence-corrected chi connectivity index (χ3v) is 6.14. The number of nitrogens with zero attached hydrogens (tertiary/aromatic N) is 1. The van der Waals surface area contributed by atoms with Crippen molar-refractivity contribution in [3.8, 4) is 0 Å². The molecule has 126 valence electrons. The minimum Gasteiger partial charge on any atom is -0.462 e. The second-order valence-corrected chi connectivity index (χ2v) is 7.60. The maximum absolute atomic E-state index is 13.0. The van der Waals surface area contributed by atoms with Crippen molar-refractivity contribution in [2.75, 3.05) is 7.05 Å². The Labute approximate surface area is 140 Å². The van der Waals surface area contributed by atoms with Crippen molar-refractivity contribution >= 4 is 5.97 Å². The van der Waals surface area contributed by atoms with Crippen molar-refractivity contribution in [2.45, 2.75) is 76.5 Å². The maximum atomic E-state index is 13.0. The molecule has 2 fully saturated rings. The highest BCUT2D eigenvalue weighted by Crippen LogP contribution is 2.37. The van der Waals surface area contributed by atoms with Crippen molar-refractivity contribution in [1.29, 1.82) is 0 Å². The molecule has 2 heterocycles. The first kappa shape index (κ1) is 16.5. The molecule has 3 atom stereocenters. The molecule has 2 bridgehead atoms. The summed E-state index contributed by atoms with van der Waals surface area (Å²) in [6.07, 6.45) is 5.33. The van der Waals surface area contributed by atoms with Gasteiger partial charge in [0, 0.05) is 12.1 Å². The van der Waals surface area contributed by atoms with Gasteiger partial charge in [-0.05, 0) is 58.6 Å². The number of carbonyl (C=O) groups excluding carboxylic acids is 1. The van der Waals surface area contributed by atoms with Gasteiger partial charge in [0.05, 0.1) is 5.41 Å². The van der Waals surface area contributed by atoms with E-state index in [0.717, 1.165) is 24.8 Å². The lowest BCUT2D eigenvalue weighted by atomic mass is 9.79. The summed E-state index contributed by atoms with van der Waals surface area (Å²) in [5.41, 5.74) is 1.71. The zero-order valence-corrected chi connectivity index (χ0v) is 14.8. The number of rotatable bonds is 4. The molecule has 23 heavy (non-hydrogen) atoms. The van der Waals surface area contributed by atoms with E-state index < -0.39 is 5.41 Å². The third-order valence-electron chi connectivity index (χ3n) is 6.14. The number of ether oxygens (including phenoxy) is 1. The Morgan fingerprint density at radius 2 is 1.96 bits per heavy atom. The molecule has 1 aromatic carbocycles. The van der Waals surface area contributed by atoms with Crippen LogP contribution in [0, 0.1) is 6.92 Å². The summed E-state index contributed by atoms with van der Waals surface area (Å²) in [5, 5.41) is 0. The monoisotopic (exact) mass is 315 g/mol. The van der Waals surface area contributed by atoms with Crippen molar-refractivity contribution in [3.05, 3.63) is 35.4 Å². The Bertz CT molecular complexity index is 571. The lowest BCUT2D eigenvalue weighted by Crippen LogP contribution is -2.45. The molecule has 0 aliphatic carbocycles. The van der Waals surface area contributed by atoms with E-state index in [9.17, 15) is 4.79 Å². The van der Waals surface area contributed by atoms with Crippen molar-refractivity contribution in [2.24, 2.45) is 0 Å². The minimum atomic E-state index is -0.547. The van der Waals surface area contributed by atoms with E-state index >= 15 is 0 Å². The number of piperidine rings is 1. The van der Waals surface area contributed by atoms with Gasteiger partial charge in [-0.3, -0.25) is 4.79 Å². The molecule has 3 heteroatoms. The molecule has 0 saturated carbocycles. The number of fused-ring (bicyclic) bond motifs is 2. The summed E-state index contributed by atoms with van der Waals surface area (Å²) in [6.45, 7) is 6.16. The lowest BCUT2D eigenvalue weighted by molar-refractivity contribution is -0.159. The Morgan fingerprint density at radius 1 is 1.30 bits per heavy atom. The predicted octanol–water partition coefficient (Wildman–Crippen LogP) is 3.83. The van der Waals surface area contributed by atoms with Crippen LogP contribution in [-0.2, 0) is 14.9 Å². The number of aryl methyl sites for hydroxylation is 1. The van der Waals surface area contributed by atoms with Crippen LogP contribution in [0.1, 0.15) is 57.1 Å². The summed E-state index contributed by atoms with van der Waals surface area (Å²) in [4.78, 5) is 15.4. The van der Waals surface area contributed by atoms with Gasteiger partial charge in [-0.15, -0.1) is 0 Å². The largest absolute Gasteiger partial charge is 0.462 e. The molecule has 2 aliphatic heterocycles. The van der Waals surface area contributed by atoms with Crippen LogP contribution in [0.4, 0.5) is 0 Å². The van der Waals surface area contributed by atoms with Crippen molar-refractivity contribution in [3.63, 3.8) is 0 Å². The summed E-state index contributed by atoms with van der Waals surface area (Å²) in [7, 11) is 2.21. The Morgan fingerprint density at radius 3 is 2.52 bits per heavy atom. The minimum absolute atomic E-state index is 0.0560. The molecule has 3 rings (SSSR count). The van der Waals surface area contributed by atoms with Crippen LogP contribution < -0.4 is 0 Å². The fourth-order valence-corrected chi connectivity index (χ4v) is 4.19. The van der Waals surface area contributed by atoms with E-state index in [4.69, 9.17) is 4.74 Å². The molecule has 0 spiro atoms. The summed E-state index contributed by atoms with van der Waals surface area (Å²) in [5.74, 6) is -0.0560. The average Bonchev–Trinajstić information content (AvgIpc) is 2.75. The van der Waals surface area contributed by atoms with Gasteiger partial charge in [0.2, 0.25) is 0 Å². The third kappa shape index (κ3) is 3.03. The molecular formula is C20H29NO2. The van der Waals surface area contributed by atoms with Gasteiger partial charge in [-0.1, -0.05) is 36.8 Å². The average molecular weight is 315 g/mol. The van der Waals surface area contributed by atoms with Crippen LogP contribution in [0.5, 0.6) is 0 Å². The number of hydrogen-bond donors (Lipinski definition) is 0. The number of carbonyl (C=O) groups is 1. The first-order chi connectivity index (χ1) is 10.9. The number of benzene rings is 1. The highest BCUT2D eigenvalue weighted by molar-refractivity contribution is 5.83.